The summed E-state index contributed by atoms with van der Waals surface area (Å²) in [5.74, 6) is -0.722. The molecule has 0 unspecified atom stereocenters. The van der Waals surface area contributed by atoms with Crippen molar-refractivity contribution in [1.82, 2.24) is 5.32 Å². The number of carbonyl (C=O) groups is 2. The predicted molar refractivity (Wildman–Crippen MR) is 102 cm³/mol. The predicted octanol–water partition coefficient (Wildman–Crippen LogP) is 4.32. The Hall–Kier alpha value is -2.04. The normalized spacial score (nSPS) is 11.0. The van der Waals surface area contributed by atoms with Crippen LogP contribution in [0.3, 0.4) is 0 Å². The zero-order chi connectivity index (χ0) is 18.4. The number of halogens is 2. The van der Waals surface area contributed by atoms with Gasteiger partial charge in [0.05, 0.1) is 0 Å². The monoisotopic (exact) mass is 378 g/mol. The van der Waals surface area contributed by atoms with Gasteiger partial charge in [-0.05, 0) is 56.2 Å². The van der Waals surface area contributed by atoms with Crippen molar-refractivity contribution in [1.29, 1.82) is 0 Å². The van der Waals surface area contributed by atoms with Crippen molar-refractivity contribution in [3.63, 3.8) is 0 Å². The van der Waals surface area contributed by atoms with Gasteiger partial charge in [0.25, 0.3) is 0 Å². The Labute approximate surface area is 157 Å². The quantitative estimate of drug-likeness (QED) is 0.735. The highest BCUT2D eigenvalue weighted by molar-refractivity contribution is 6.31. The number of carbonyl (C=O) groups excluding carboxylic acids is 2. The van der Waals surface area contributed by atoms with Gasteiger partial charge in [-0.2, -0.15) is 0 Å². The van der Waals surface area contributed by atoms with Crippen LogP contribution in [0.4, 0.5) is 5.69 Å². The molecule has 0 bridgehead atoms. The van der Waals surface area contributed by atoms with E-state index in [9.17, 15) is 9.59 Å². The van der Waals surface area contributed by atoms with Crippen molar-refractivity contribution in [3.8, 4) is 0 Å². The van der Waals surface area contributed by atoms with E-state index in [1.165, 1.54) is 0 Å². The van der Waals surface area contributed by atoms with Gasteiger partial charge in [-0.1, -0.05) is 41.4 Å². The van der Waals surface area contributed by atoms with E-state index in [2.05, 4.69) is 10.6 Å². The first kappa shape index (κ1) is 19.3. The summed E-state index contributed by atoms with van der Waals surface area (Å²) < 4.78 is 0. The molecule has 0 saturated carbocycles. The second-order valence-corrected chi connectivity index (χ2v) is 7.09. The summed E-state index contributed by atoms with van der Waals surface area (Å²) in [5, 5.41) is 6.71. The van der Waals surface area contributed by atoms with Gasteiger partial charge in [-0.15, -0.1) is 0 Å². The lowest BCUT2D eigenvalue weighted by molar-refractivity contribution is -0.138. The first-order chi connectivity index (χ1) is 11.8. The Balaban J connectivity index is 1.89. The van der Waals surface area contributed by atoms with Crippen LogP contribution in [0.15, 0.2) is 48.5 Å². The Morgan fingerprint density at radius 3 is 2.28 bits per heavy atom. The maximum Gasteiger partial charge on any atom is 0.239 e. The minimum atomic E-state index is -1.21. The van der Waals surface area contributed by atoms with Gasteiger partial charge in [0.2, 0.25) is 11.8 Å². The Morgan fingerprint density at radius 1 is 0.960 bits per heavy atom. The molecule has 6 heteroatoms. The Kier molecular flexibility index (Phi) is 6.45. The lowest BCUT2D eigenvalue weighted by Crippen LogP contribution is -2.45. The van der Waals surface area contributed by atoms with Crippen LogP contribution >= 0.6 is 23.2 Å². The van der Waals surface area contributed by atoms with Gasteiger partial charge in [-0.25, -0.2) is 0 Å². The average Bonchev–Trinajstić information content (AvgIpc) is 2.56. The first-order valence-corrected chi connectivity index (χ1v) is 8.64. The lowest BCUT2D eigenvalue weighted by Gasteiger charge is -2.22. The number of benzene rings is 2. The van der Waals surface area contributed by atoms with Crippen molar-refractivity contribution in [2.45, 2.75) is 20.3 Å². The van der Waals surface area contributed by atoms with Crippen molar-refractivity contribution in [2.24, 2.45) is 5.41 Å². The maximum absolute atomic E-state index is 12.4. The molecule has 4 nitrogen and oxygen atoms in total. The molecule has 2 rings (SSSR count). The molecule has 2 aromatic carbocycles. The van der Waals surface area contributed by atoms with E-state index in [0.717, 1.165) is 5.56 Å². The molecule has 0 aliphatic carbocycles. The molecule has 132 valence electrons. The van der Waals surface area contributed by atoms with Gasteiger partial charge in [0.15, 0.2) is 0 Å². The van der Waals surface area contributed by atoms with Gasteiger partial charge in [0.1, 0.15) is 5.41 Å². The van der Waals surface area contributed by atoms with Crippen molar-refractivity contribution >= 4 is 40.7 Å². The Bertz CT molecular complexity index is 758. The van der Waals surface area contributed by atoms with Gasteiger partial charge < -0.3 is 10.6 Å². The van der Waals surface area contributed by atoms with E-state index >= 15 is 0 Å². The van der Waals surface area contributed by atoms with Crippen LogP contribution in [0.25, 0.3) is 0 Å². The summed E-state index contributed by atoms with van der Waals surface area (Å²) >= 11 is 11.7. The fourth-order valence-corrected chi connectivity index (χ4v) is 2.47. The molecule has 25 heavy (non-hydrogen) atoms. The highest BCUT2D eigenvalue weighted by Gasteiger charge is 2.35. The molecule has 2 amide bonds. The molecule has 0 saturated heterocycles. The summed E-state index contributed by atoms with van der Waals surface area (Å²) in [7, 11) is 0. The van der Waals surface area contributed by atoms with Crippen LogP contribution in [0.1, 0.15) is 19.4 Å². The minimum Gasteiger partial charge on any atom is -0.355 e. The van der Waals surface area contributed by atoms with Crippen molar-refractivity contribution in [3.05, 3.63) is 64.1 Å². The van der Waals surface area contributed by atoms with E-state index in [0.29, 0.717) is 28.7 Å². The van der Waals surface area contributed by atoms with Gasteiger partial charge in [-0.3, -0.25) is 9.59 Å². The molecule has 0 spiro atoms. The molecule has 0 radical (unpaired) electrons. The molecular formula is C19H20Cl2N2O2. The number of hydrogen-bond acceptors (Lipinski definition) is 2. The second kappa shape index (κ2) is 8.37. The topological polar surface area (TPSA) is 58.2 Å². The summed E-state index contributed by atoms with van der Waals surface area (Å²) in [6.07, 6.45) is 0.662. The Morgan fingerprint density at radius 2 is 1.64 bits per heavy atom. The number of nitrogens with one attached hydrogen (secondary N) is 2. The summed E-state index contributed by atoms with van der Waals surface area (Å²) in [4.78, 5) is 24.8. The molecule has 2 aromatic rings. The third kappa shape index (κ3) is 5.48. The van der Waals surface area contributed by atoms with E-state index in [1.807, 2.05) is 12.1 Å². The molecule has 0 aromatic heterocycles. The molecule has 0 aliphatic rings. The minimum absolute atomic E-state index is 0.332. The average molecular weight is 379 g/mol. The molecule has 0 atom stereocenters. The van der Waals surface area contributed by atoms with Crippen LogP contribution in [0.5, 0.6) is 0 Å². The first-order valence-electron chi connectivity index (χ1n) is 7.89. The smallest absolute Gasteiger partial charge is 0.239 e. The third-order valence-electron chi connectivity index (χ3n) is 3.83. The highest BCUT2D eigenvalue weighted by atomic mass is 35.5. The standard InChI is InChI=1S/C19H20Cl2N2O2/c1-19(2,18(25)23-16-5-3-4-15(21)12-16)17(24)22-11-10-13-6-8-14(20)9-7-13/h3-9,12H,10-11H2,1-2H3,(H,22,24)(H,23,25). The molecule has 2 N–H and O–H groups in total. The molecule has 0 heterocycles. The zero-order valence-electron chi connectivity index (χ0n) is 14.1. The third-order valence-corrected chi connectivity index (χ3v) is 4.32. The number of anilines is 1. The van der Waals surface area contributed by atoms with Crippen molar-refractivity contribution < 1.29 is 9.59 Å². The lowest BCUT2D eigenvalue weighted by atomic mass is 9.91. The van der Waals surface area contributed by atoms with Crippen LogP contribution in [-0.2, 0) is 16.0 Å². The second-order valence-electron chi connectivity index (χ2n) is 6.22. The van der Waals surface area contributed by atoms with Gasteiger partial charge in [0, 0.05) is 22.3 Å². The fraction of sp³-hybridized carbons (Fsp3) is 0.263. The van der Waals surface area contributed by atoms with Gasteiger partial charge >= 0.3 is 0 Å². The molecule has 0 aliphatic heterocycles. The maximum atomic E-state index is 12.4. The number of hydrogen-bond donors (Lipinski definition) is 2. The van der Waals surface area contributed by atoms with Crippen molar-refractivity contribution in [2.75, 3.05) is 11.9 Å². The van der Waals surface area contributed by atoms with E-state index in [1.54, 1.807) is 50.2 Å². The largest absolute Gasteiger partial charge is 0.355 e. The van der Waals surface area contributed by atoms with E-state index in [4.69, 9.17) is 23.2 Å². The summed E-state index contributed by atoms with van der Waals surface area (Å²) in [6.45, 7) is 3.61. The van der Waals surface area contributed by atoms with Crippen LogP contribution in [-0.4, -0.2) is 18.4 Å². The number of rotatable bonds is 6. The summed E-state index contributed by atoms with van der Waals surface area (Å²) in [6, 6.07) is 14.2. The van der Waals surface area contributed by atoms with E-state index in [-0.39, 0.29) is 5.91 Å². The van der Waals surface area contributed by atoms with Crippen LogP contribution < -0.4 is 10.6 Å². The zero-order valence-corrected chi connectivity index (χ0v) is 15.6. The fourth-order valence-electron chi connectivity index (χ4n) is 2.15. The highest BCUT2D eigenvalue weighted by Crippen LogP contribution is 2.21. The molecule has 0 fully saturated rings. The summed E-state index contributed by atoms with van der Waals surface area (Å²) in [5.41, 5.74) is 0.410. The van der Waals surface area contributed by atoms with E-state index < -0.39 is 11.3 Å². The number of amides is 2. The van der Waals surface area contributed by atoms with Crippen LogP contribution in [0.2, 0.25) is 10.0 Å². The molecular weight excluding hydrogens is 359 g/mol. The SMILES string of the molecule is CC(C)(C(=O)NCCc1ccc(Cl)cc1)C(=O)Nc1cccc(Cl)c1. The van der Waals surface area contributed by atoms with Crippen LogP contribution in [0, 0.1) is 5.41 Å².